The average Bonchev–Trinajstić information content (AvgIpc) is 4.02. The zero-order valence-corrected chi connectivity index (χ0v) is 32.0. The van der Waals surface area contributed by atoms with Crippen LogP contribution in [0.15, 0.2) is 0 Å². The molecule has 48 heavy (non-hydrogen) atoms. The molecule has 2 saturated carbocycles. The lowest BCUT2D eigenvalue weighted by Crippen LogP contribution is -2.43. The number of ether oxygens (including phenoxy) is 9. The maximum atomic E-state index is 6.80. The molecule has 4 rings (SSSR count). The summed E-state index contributed by atoms with van der Waals surface area (Å²) in [6.45, 7) is 10.4. The Labute approximate surface area is 292 Å². The van der Waals surface area contributed by atoms with Gasteiger partial charge in [0.2, 0.25) is 0 Å². The van der Waals surface area contributed by atoms with E-state index in [2.05, 4.69) is 13.1 Å². The number of hydrogen-bond acceptors (Lipinski definition) is 10. The number of methoxy groups -OCH3 is 2. The van der Waals surface area contributed by atoms with Gasteiger partial charge in [0.1, 0.15) is 18.3 Å². The minimum absolute atomic E-state index is 0.00903. The molecule has 0 N–H and O–H groups in total. The minimum Gasteiger partial charge on any atom is -0.420 e. The van der Waals surface area contributed by atoms with Gasteiger partial charge in [-0.3, -0.25) is 0 Å². The third-order valence-electron chi connectivity index (χ3n) is 10.7. The van der Waals surface area contributed by atoms with Crippen LogP contribution in [0.25, 0.3) is 0 Å². The van der Waals surface area contributed by atoms with Crippen molar-refractivity contribution in [3.05, 3.63) is 0 Å². The number of rotatable bonds is 29. The molecule has 282 valence electrons. The molecule has 4 fully saturated rings. The lowest BCUT2D eigenvalue weighted by Gasteiger charge is -2.38. The van der Waals surface area contributed by atoms with E-state index in [4.69, 9.17) is 47.1 Å². The van der Waals surface area contributed by atoms with Gasteiger partial charge in [0, 0.05) is 41.2 Å². The van der Waals surface area contributed by atoms with Gasteiger partial charge in [0.25, 0.3) is 0 Å². The second-order valence-corrected chi connectivity index (χ2v) is 19.7. The van der Waals surface area contributed by atoms with E-state index in [9.17, 15) is 0 Å². The molecule has 10 nitrogen and oxygen atoms in total. The van der Waals surface area contributed by atoms with Gasteiger partial charge in [0.05, 0.1) is 64.1 Å². The van der Waals surface area contributed by atoms with Crippen molar-refractivity contribution in [1.29, 1.82) is 0 Å². The molecule has 0 aromatic heterocycles. The molecule has 2 aliphatic carbocycles. The van der Waals surface area contributed by atoms with E-state index in [1.165, 1.54) is 44.9 Å². The number of epoxide rings is 2. The molecule has 2 aliphatic heterocycles. The summed E-state index contributed by atoms with van der Waals surface area (Å²) >= 11 is 0. The van der Waals surface area contributed by atoms with Gasteiger partial charge < -0.3 is 47.1 Å². The first-order chi connectivity index (χ1) is 23.4. The van der Waals surface area contributed by atoms with Crippen LogP contribution in [0.2, 0.25) is 19.1 Å². The monoisotopic (exact) mass is 702 g/mol. The molecule has 2 saturated heterocycles. The maximum absolute atomic E-state index is 6.80. The van der Waals surface area contributed by atoms with E-state index in [1.807, 2.05) is 7.11 Å². The fraction of sp³-hybridized carbons (Fsp3) is 1.00. The van der Waals surface area contributed by atoms with Gasteiger partial charge in [-0.2, -0.15) is 0 Å². The third-order valence-corrected chi connectivity index (χ3v) is 13.4. The van der Waals surface area contributed by atoms with Crippen molar-refractivity contribution < 1.29 is 47.1 Å². The van der Waals surface area contributed by atoms with Crippen molar-refractivity contribution in [3.63, 3.8) is 0 Å². The molecule has 0 aromatic carbocycles. The van der Waals surface area contributed by atoms with Crippen molar-refractivity contribution >= 4 is 8.32 Å². The summed E-state index contributed by atoms with van der Waals surface area (Å²) in [5, 5.41) is 0. The topological polar surface area (TPSA) is 98.9 Å². The summed E-state index contributed by atoms with van der Waals surface area (Å²) in [7, 11) is 3.73. The zero-order chi connectivity index (χ0) is 34.0. The summed E-state index contributed by atoms with van der Waals surface area (Å²) in [5.41, 5.74) is 0. The van der Waals surface area contributed by atoms with Crippen molar-refractivity contribution in [3.8, 4) is 0 Å². The molecule has 0 spiro atoms. The molecule has 9 atom stereocenters. The smallest absolute Gasteiger partial charge is 0.186 e. The first-order valence-electron chi connectivity index (χ1n) is 19.2. The molecule has 11 heteroatoms. The van der Waals surface area contributed by atoms with Gasteiger partial charge in [-0.05, 0) is 95.2 Å². The predicted molar refractivity (Wildman–Crippen MR) is 188 cm³/mol. The van der Waals surface area contributed by atoms with E-state index in [-0.39, 0.29) is 24.4 Å². The summed E-state index contributed by atoms with van der Waals surface area (Å²) in [4.78, 5) is 0. The van der Waals surface area contributed by atoms with Crippen LogP contribution in [0.1, 0.15) is 83.5 Å². The molecular formula is C37H70O10Si. The summed E-state index contributed by atoms with van der Waals surface area (Å²) < 4.78 is 59.1. The maximum Gasteiger partial charge on any atom is 0.186 e. The highest BCUT2D eigenvalue weighted by molar-refractivity contribution is 6.71. The predicted octanol–water partition coefficient (Wildman–Crippen LogP) is 6.19. The quantitative estimate of drug-likeness (QED) is 0.0510. The first kappa shape index (κ1) is 40.6. The van der Waals surface area contributed by atoms with Gasteiger partial charge >= 0.3 is 0 Å². The van der Waals surface area contributed by atoms with E-state index < -0.39 is 8.32 Å². The molecule has 0 aromatic rings. The standard InChI is InChI=1S/C37H70O10Si/c1-38-23-33(26-43-19-10-20-48(4,5)40-3)46-36-21-29(11-9-12-30-14-16-35-37(22-30)47-35)13-15-34(36)45-27-31(39-2)24-41-17-7-6-8-18-42-25-32-28-44-32/h29-37H,6-28H2,1-5H3. The van der Waals surface area contributed by atoms with E-state index in [0.717, 1.165) is 76.9 Å². The second kappa shape index (κ2) is 22.7. The highest BCUT2D eigenvalue weighted by Gasteiger charge is 2.43. The Balaban J connectivity index is 1.18. The minimum atomic E-state index is -1.57. The van der Waals surface area contributed by atoms with Gasteiger partial charge in [0.15, 0.2) is 8.32 Å². The Morgan fingerprint density at radius 1 is 0.688 bits per heavy atom. The highest BCUT2D eigenvalue weighted by Crippen LogP contribution is 2.42. The Morgan fingerprint density at radius 3 is 2.10 bits per heavy atom. The lowest BCUT2D eigenvalue weighted by atomic mass is 9.80. The molecule has 0 bridgehead atoms. The van der Waals surface area contributed by atoms with Crippen LogP contribution in [-0.2, 0) is 47.1 Å². The van der Waals surface area contributed by atoms with Crippen LogP contribution < -0.4 is 0 Å². The molecule has 0 amide bonds. The van der Waals surface area contributed by atoms with Crippen LogP contribution in [0.5, 0.6) is 0 Å². The largest absolute Gasteiger partial charge is 0.420 e. The normalized spacial score (nSPS) is 29.8. The fourth-order valence-corrected chi connectivity index (χ4v) is 8.49. The van der Waals surface area contributed by atoms with Crippen molar-refractivity contribution in [2.45, 2.75) is 145 Å². The van der Waals surface area contributed by atoms with Gasteiger partial charge in [-0.1, -0.05) is 19.3 Å². The van der Waals surface area contributed by atoms with E-state index in [0.29, 0.717) is 57.3 Å². The second-order valence-electron chi connectivity index (χ2n) is 15.3. The van der Waals surface area contributed by atoms with E-state index in [1.54, 1.807) is 14.2 Å². The van der Waals surface area contributed by atoms with Crippen LogP contribution in [-0.4, -0.2) is 132 Å². The molecule has 9 unspecified atom stereocenters. The number of hydrogen-bond donors (Lipinski definition) is 0. The molecule has 4 aliphatic rings. The van der Waals surface area contributed by atoms with Crippen LogP contribution in [0.3, 0.4) is 0 Å². The number of fused-ring (bicyclic) bond motifs is 1. The first-order valence-corrected chi connectivity index (χ1v) is 22.3. The van der Waals surface area contributed by atoms with Crippen LogP contribution >= 0.6 is 0 Å². The van der Waals surface area contributed by atoms with Crippen LogP contribution in [0.4, 0.5) is 0 Å². The van der Waals surface area contributed by atoms with Crippen molar-refractivity contribution in [2.75, 3.05) is 80.8 Å². The van der Waals surface area contributed by atoms with Crippen molar-refractivity contribution in [1.82, 2.24) is 0 Å². The fourth-order valence-electron chi connectivity index (χ4n) is 7.29. The summed E-state index contributed by atoms with van der Waals surface area (Å²) in [5.74, 6) is 1.50. The van der Waals surface area contributed by atoms with E-state index >= 15 is 0 Å². The summed E-state index contributed by atoms with van der Waals surface area (Å²) in [6.07, 6.45) is 16.4. The Hall–Kier alpha value is -0.183. The zero-order valence-electron chi connectivity index (χ0n) is 31.0. The third kappa shape index (κ3) is 16.4. The average molecular weight is 703 g/mol. The Morgan fingerprint density at radius 2 is 1.40 bits per heavy atom. The Bertz CT molecular complexity index is 832. The van der Waals surface area contributed by atoms with Crippen LogP contribution in [0, 0.1) is 11.8 Å². The molecule has 0 radical (unpaired) electrons. The van der Waals surface area contributed by atoms with Gasteiger partial charge in [-0.25, -0.2) is 0 Å². The molecule has 2 heterocycles. The SMILES string of the molecule is COCC(COCCC[Si](C)(C)OC)OC1CC(CCCC2CCC3OC3C2)CCC1OCC(COCCCCCOCC1CO1)OC. The highest BCUT2D eigenvalue weighted by atomic mass is 28.4. The Kier molecular flexibility index (Phi) is 19.2. The number of unbranched alkanes of at least 4 members (excludes halogenated alkanes) is 2. The van der Waals surface area contributed by atoms with Gasteiger partial charge in [-0.15, -0.1) is 0 Å². The van der Waals surface area contributed by atoms with Crippen molar-refractivity contribution in [2.24, 2.45) is 11.8 Å². The molecular weight excluding hydrogens is 632 g/mol. The lowest BCUT2D eigenvalue weighted by molar-refractivity contribution is -0.164. The summed E-state index contributed by atoms with van der Waals surface area (Å²) in [6, 6.07) is 1.09.